The predicted octanol–water partition coefficient (Wildman–Crippen LogP) is 1.19. The number of nitrogens with zero attached hydrogens (tertiary/aromatic N) is 2. The van der Waals surface area contributed by atoms with E-state index in [1.807, 2.05) is 0 Å². The Morgan fingerprint density at radius 2 is 2.00 bits per heavy atom. The summed E-state index contributed by atoms with van der Waals surface area (Å²) in [6.45, 7) is 0. The standard InChI is InChI=1S/C7H4F3N3O3S/c8-7(9,10)17(14,15)16-4-1-2-5-6(3-4)12-13-11-5/h1-3H,(H,11,12,13). The lowest BCUT2D eigenvalue weighted by Crippen LogP contribution is -2.28. The van der Waals surface area contributed by atoms with Crippen molar-refractivity contribution in [3.63, 3.8) is 0 Å². The van der Waals surface area contributed by atoms with Crippen LogP contribution in [0.15, 0.2) is 18.2 Å². The summed E-state index contributed by atoms with van der Waals surface area (Å²) in [5.41, 5.74) is -4.83. The normalized spacial score (nSPS) is 12.9. The number of rotatable bonds is 2. The van der Waals surface area contributed by atoms with Gasteiger partial charge in [0.25, 0.3) is 0 Å². The molecule has 17 heavy (non-hydrogen) atoms. The zero-order valence-electron chi connectivity index (χ0n) is 7.89. The summed E-state index contributed by atoms with van der Waals surface area (Å²) < 4.78 is 61.4. The van der Waals surface area contributed by atoms with E-state index in [1.165, 1.54) is 6.07 Å². The van der Waals surface area contributed by atoms with Crippen LogP contribution in [0.3, 0.4) is 0 Å². The van der Waals surface area contributed by atoms with Crippen LogP contribution >= 0.6 is 0 Å². The Bertz CT molecular complexity index is 649. The highest BCUT2D eigenvalue weighted by atomic mass is 32.2. The Kier molecular flexibility index (Phi) is 2.45. The Hall–Kier alpha value is -1.84. The van der Waals surface area contributed by atoms with E-state index in [0.717, 1.165) is 12.1 Å². The van der Waals surface area contributed by atoms with Crippen LogP contribution < -0.4 is 4.18 Å². The van der Waals surface area contributed by atoms with Crippen LogP contribution in [0.1, 0.15) is 0 Å². The quantitative estimate of drug-likeness (QED) is 0.652. The molecule has 0 aliphatic rings. The van der Waals surface area contributed by atoms with Crippen molar-refractivity contribution >= 4 is 21.2 Å². The first-order valence-corrected chi connectivity index (χ1v) is 5.52. The first kappa shape index (κ1) is 11.6. The minimum atomic E-state index is -5.66. The van der Waals surface area contributed by atoms with E-state index in [0.29, 0.717) is 5.52 Å². The van der Waals surface area contributed by atoms with Crippen LogP contribution in [0, 0.1) is 0 Å². The second kappa shape index (κ2) is 3.58. The number of nitrogens with one attached hydrogen (secondary N) is 1. The minimum absolute atomic E-state index is 0.194. The van der Waals surface area contributed by atoms with Crippen molar-refractivity contribution < 1.29 is 25.8 Å². The number of aromatic amines is 1. The summed E-state index contributed by atoms with van der Waals surface area (Å²) in [5, 5.41) is 9.35. The van der Waals surface area contributed by atoms with Crippen molar-refractivity contribution in [1.82, 2.24) is 15.4 Å². The minimum Gasteiger partial charge on any atom is -0.376 e. The van der Waals surface area contributed by atoms with Crippen molar-refractivity contribution in [2.24, 2.45) is 0 Å². The molecule has 0 bridgehead atoms. The van der Waals surface area contributed by atoms with Crippen LogP contribution in [0.25, 0.3) is 11.0 Å². The number of halogens is 3. The molecule has 0 fully saturated rings. The van der Waals surface area contributed by atoms with Crippen molar-refractivity contribution in [3.05, 3.63) is 18.2 Å². The monoisotopic (exact) mass is 267 g/mol. The molecule has 0 aliphatic carbocycles. The Balaban J connectivity index is 2.36. The fourth-order valence-corrected chi connectivity index (χ4v) is 1.50. The summed E-state index contributed by atoms with van der Waals surface area (Å²) in [7, 11) is -5.66. The second-order valence-corrected chi connectivity index (χ2v) is 4.51. The molecule has 0 amide bonds. The third-order valence-corrected chi connectivity index (χ3v) is 2.77. The summed E-state index contributed by atoms with van der Waals surface area (Å²) in [4.78, 5) is 0. The largest absolute Gasteiger partial charge is 0.534 e. The lowest BCUT2D eigenvalue weighted by atomic mass is 10.3. The van der Waals surface area contributed by atoms with E-state index in [4.69, 9.17) is 0 Å². The summed E-state index contributed by atoms with van der Waals surface area (Å²) >= 11 is 0. The fourth-order valence-electron chi connectivity index (χ4n) is 1.05. The highest BCUT2D eigenvalue weighted by Gasteiger charge is 2.48. The van der Waals surface area contributed by atoms with Crippen LogP contribution in [-0.2, 0) is 10.1 Å². The highest BCUT2D eigenvalue weighted by molar-refractivity contribution is 7.88. The molecule has 92 valence electrons. The Labute approximate surface area is 92.5 Å². The first-order chi connectivity index (χ1) is 7.79. The molecule has 1 aromatic carbocycles. The van der Waals surface area contributed by atoms with Crippen molar-refractivity contribution in [2.75, 3.05) is 0 Å². The van der Waals surface area contributed by atoms with Gasteiger partial charge in [0.1, 0.15) is 11.3 Å². The van der Waals surface area contributed by atoms with Gasteiger partial charge in [-0.25, -0.2) is 0 Å². The van der Waals surface area contributed by atoms with E-state index in [2.05, 4.69) is 19.6 Å². The predicted molar refractivity (Wildman–Crippen MR) is 49.5 cm³/mol. The number of benzene rings is 1. The third-order valence-electron chi connectivity index (χ3n) is 1.79. The zero-order valence-corrected chi connectivity index (χ0v) is 8.71. The maximum atomic E-state index is 12.0. The molecule has 1 aromatic heterocycles. The van der Waals surface area contributed by atoms with Gasteiger partial charge in [0.05, 0.1) is 5.52 Å². The van der Waals surface area contributed by atoms with Gasteiger partial charge in [0.2, 0.25) is 0 Å². The van der Waals surface area contributed by atoms with E-state index in [1.54, 1.807) is 0 Å². The first-order valence-electron chi connectivity index (χ1n) is 4.11. The van der Waals surface area contributed by atoms with Crippen LogP contribution in [0.2, 0.25) is 0 Å². The molecule has 0 spiro atoms. The molecule has 0 saturated heterocycles. The number of hydrogen-bond donors (Lipinski definition) is 1. The van der Waals surface area contributed by atoms with Crippen LogP contribution in [-0.4, -0.2) is 29.3 Å². The van der Waals surface area contributed by atoms with Gasteiger partial charge in [-0.3, -0.25) is 5.10 Å². The molecule has 2 rings (SSSR count). The third kappa shape index (κ3) is 2.16. The lowest BCUT2D eigenvalue weighted by molar-refractivity contribution is -0.0500. The summed E-state index contributed by atoms with van der Waals surface area (Å²) in [6, 6.07) is 3.39. The van der Waals surface area contributed by atoms with Gasteiger partial charge >= 0.3 is 15.6 Å². The maximum Gasteiger partial charge on any atom is 0.534 e. The highest BCUT2D eigenvalue weighted by Crippen LogP contribution is 2.27. The molecular weight excluding hydrogens is 263 g/mol. The number of aromatic nitrogens is 3. The summed E-state index contributed by atoms with van der Waals surface area (Å²) in [5.74, 6) is -0.483. The topological polar surface area (TPSA) is 84.9 Å². The van der Waals surface area contributed by atoms with E-state index in [-0.39, 0.29) is 5.52 Å². The van der Waals surface area contributed by atoms with Crippen molar-refractivity contribution in [3.8, 4) is 5.75 Å². The average molecular weight is 267 g/mol. The molecule has 2 aromatic rings. The average Bonchev–Trinajstić information content (AvgIpc) is 2.62. The molecule has 0 radical (unpaired) electrons. The van der Waals surface area contributed by atoms with Gasteiger partial charge in [-0.05, 0) is 12.1 Å². The molecule has 6 nitrogen and oxygen atoms in total. The number of alkyl halides is 3. The van der Waals surface area contributed by atoms with Crippen LogP contribution in [0.4, 0.5) is 13.2 Å². The molecule has 0 saturated carbocycles. The smallest absolute Gasteiger partial charge is 0.376 e. The second-order valence-electron chi connectivity index (χ2n) is 2.97. The molecule has 10 heteroatoms. The zero-order chi connectivity index (χ0) is 12.7. The van der Waals surface area contributed by atoms with Gasteiger partial charge in [0, 0.05) is 6.07 Å². The van der Waals surface area contributed by atoms with Gasteiger partial charge in [-0.1, -0.05) is 5.21 Å². The van der Waals surface area contributed by atoms with E-state index in [9.17, 15) is 21.6 Å². The number of hydrogen-bond acceptors (Lipinski definition) is 5. The van der Waals surface area contributed by atoms with Crippen molar-refractivity contribution in [2.45, 2.75) is 5.51 Å². The Morgan fingerprint density at radius 3 is 2.65 bits per heavy atom. The fraction of sp³-hybridized carbons (Fsp3) is 0.143. The van der Waals surface area contributed by atoms with Crippen molar-refractivity contribution in [1.29, 1.82) is 0 Å². The molecule has 1 N–H and O–H groups in total. The van der Waals surface area contributed by atoms with Gasteiger partial charge in [0.15, 0.2) is 0 Å². The van der Waals surface area contributed by atoms with E-state index >= 15 is 0 Å². The Morgan fingerprint density at radius 1 is 1.29 bits per heavy atom. The lowest BCUT2D eigenvalue weighted by Gasteiger charge is -2.08. The van der Waals surface area contributed by atoms with Gasteiger partial charge in [-0.2, -0.15) is 21.6 Å². The van der Waals surface area contributed by atoms with Gasteiger partial charge in [-0.15, -0.1) is 5.10 Å². The number of H-pyrrole nitrogens is 1. The molecule has 0 aliphatic heterocycles. The molecule has 0 atom stereocenters. The maximum absolute atomic E-state index is 12.0. The van der Waals surface area contributed by atoms with Gasteiger partial charge < -0.3 is 4.18 Å². The molecular formula is C7H4F3N3O3S. The molecule has 1 heterocycles. The number of fused-ring (bicyclic) bond motifs is 1. The van der Waals surface area contributed by atoms with Crippen LogP contribution in [0.5, 0.6) is 5.75 Å². The SMILES string of the molecule is O=S(=O)(Oc1ccc2[nH]nnc2c1)C(F)(F)F. The molecule has 0 unspecified atom stereocenters. The van der Waals surface area contributed by atoms with E-state index < -0.39 is 21.4 Å². The summed E-state index contributed by atoms with van der Waals surface area (Å²) in [6.07, 6.45) is 0.